The van der Waals surface area contributed by atoms with E-state index in [1.807, 2.05) is 0 Å². The number of piperazine rings is 3. The van der Waals surface area contributed by atoms with Crippen molar-refractivity contribution in [2.24, 2.45) is 0 Å². The molecule has 0 amide bonds. The van der Waals surface area contributed by atoms with Crippen LogP contribution in [0, 0.1) is 0 Å². The lowest BCUT2D eigenvalue weighted by Crippen LogP contribution is -2.67. The van der Waals surface area contributed by atoms with E-state index in [2.05, 4.69) is 4.90 Å². The molecule has 3 fully saturated rings. The fourth-order valence-corrected chi connectivity index (χ4v) is 2.60. The first-order chi connectivity index (χ1) is 5.35. The van der Waals surface area contributed by atoms with Crippen LogP contribution >= 0.6 is 11.6 Å². The number of rotatable bonds is 2. The van der Waals surface area contributed by atoms with Crippen LogP contribution in [0.5, 0.6) is 0 Å². The predicted octanol–water partition coefficient (Wildman–Crippen LogP) is 0.371. The Morgan fingerprint density at radius 1 is 1.09 bits per heavy atom. The molecule has 3 heterocycles. The van der Waals surface area contributed by atoms with Crippen molar-refractivity contribution >= 4 is 11.6 Å². The second kappa shape index (κ2) is 2.92. The number of alkyl halides is 1. The molecule has 0 aromatic heterocycles. The number of hydrogen-bond acceptors (Lipinski definition) is 1. The molecule has 0 aliphatic carbocycles. The summed E-state index contributed by atoms with van der Waals surface area (Å²) >= 11 is 5.79. The summed E-state index contributed by atoms with van der Waals surface area (Å²) in [5.41, 5.74) is 0. The van der Waals surface area contributed by atoms with Gasteiger partial charge in [0, 0.05) is 19.6 Å². The maximum absolute atomic E-state index is 5.79. The third kappa shape index (κ3) is 1.40. The summed E-state index contributed by atoms with van der Waals surface area (Å²) in [6.45, 7) is 9.12. The minimum Gasteiger partial charge on any atom is -0.319 e. The van der Waals surface area contributed by atoms with Crippen LogP contribution in [0.15, 0.2) is 0 Å². The summed E-state index contributed by atoms with van der Waals surface area (Å²) in [7, 11) is 0. The van der Waals surface area contributed by atoms with E-state index in [4.69, 9.17) is 11.6 Å². The van der Waals surface area contributed by atoms with Gasteiger partial charge in [-0.2, -0.15) is 0 Å². The van der Waals surface area contributed by atoms with Crippen LogP contribution in [0.25, 0.3) is 0 Å². The summed E-state index contributed by atoms with van der Waals surface area (Å²) in [5, 5.41) is 0. The van der Waals surface area contributed by atoms with Gasteiger partial charge < -0.3 is 4.48 Å². The lowest BCUT2D eigenvalue weighted by Gasteiger charge is -2.50. The molecule has 0 N–H and O–H groups in total. The molecule has 0 aromatic rings. The molecule has 0 radical (unpaired) electrons. The molecule has 0 atom stereocenters. The summed E-state index contributed by atoms with van der Waals surface area (Å²) < 4.78 is 1.31. The van der Waals surface area contributed by atoms with Crippen LogP contribution in [0.4, 0.5) is 0 Å². The Morgan fingerprint density at radius 3 is 2.09 bits per heavy atom. The molecule has 3 saturated heterocycles. The van der Waals surface area contributed by atoms with Crippen LogP contribution in [0.1, 0.15) is 0 Å². The van der Waals surface area contributed by atoms with Crippen LogP contribution in [0.2, 0.25) is 0 Å². The van der Waals surface area contributed by atoms with Gasteiger partial charge in [0.2, 0.25) is 0 Å². The standard InChI is InChI=1S/C8H16ClN2/c9-1-5-11-6-2-10(3-7-11)4-8-11/h1-8H2/q+1. The van der Waals surface area contributed by atoms with Crippen LogP contribution in [-0.4, -0.2) is 61.1 Å². The Kier molecular flexibility index (Phi) is 2.08. The molecule has 0 aromatic carbocycles. The van der Waals surface area contributed by atoms with Crippen molar-refractivity contribution in [3.63, 3.8) is 0 Å². The number of quaternary nitrogens is 1. The molecular weight excluding hydrogens is 160 g/mol. The SMILES string of the molecule is ClCC[N+]12CCN(CC1)CC2. The van der Waals surface area contributed by atoms with E-state index in [0.29, 0.717) is 0 Å². The summed E-state index contributed by atoms with van der Waals surface area (Å²) in [6, 6.07) is 0. The highest BCUT2D eigenvalue weighted by Gasteiger charge is 2.37. The zero-order valence-electron chi connectivity index (χ0n) is 6.93. The average molecular weight is 176 g/mol. The molecular formula is C8H16ClN2+. The normalized spacial score (nSPS) is 42.8. The molecule has 2 nitrogen and oxygen atoms in total. The van der Waals surface area contributed by atoms with Crippen LogP contribution < -0.4 is 0 Å². The van der Waals surface area contributed by atoms with Gasteiger partial charge in [-0.25, -0.2) is 0 Å². The zero-order chi connectivity index (χ0) is 7.73. The summed E-state index contributed by atoms with van der Waals surface area (Å²) in [4.78, 5) is 2.56. The molecule has 3 aliphatic rings. The van der Waals surface area contributed by atoms with Gasteiger partial charge in [-0.05, 0) is 0 Å². The van der Waals surface area contributed by atoms with E-state index in [-0.39, 0.29) is 0 Å². The molecule has 0 saturated carbocycles. The van der Waals surface area contributed by atoms with Crippen LogP contribution in [0.3, 0.4) is 0 Å². The molecule has 0 unspecified atom stereocenters. The topological polar surface area (TPSA) is 3.24 Å². The van der Waals surface area contributed by atoms with E-state index in [0.717, 1.165) is 5.88 Å². The first-order valence-corrected chi connectivity index (χ1v) is 5.02. The maximum Gasteiger partial charge on any atom is 0.0925 e. The molecule has 3 aliphatic heterocycles. The third-order valence-electron chi connectivity index (χ3n) is 3.23. The largest absolute Gasteiger partial charge is 0.319 e. The van der Waals surface area contributed by atoms with Crippen molar-refractivity contribution in [2.75, 3.05) is 51.7 Å². The molecule has 11 heavy (non-hydrogen) atoms. The van der Waals surface area contributed by atoms with E-state index in [1.54, 1.807) is 0 Å². The first kappa shape index (κ1) is 7.84. The average Bonchev–Trinajstić information content (AvgIpc) is 2.07. The molecule has 3 rings (SSSR count). The van der Waals surface area contributed by atoms with Gasteiger partial charge in [0.1, 0.15) is 0 Å². The Hall–Kier alpha value is 0.210. The third-order valence-corrected chi connectivity index (χ3v) is 3.40. The van der Waals surface area contributed by atoms with Crippen molar-refractivity contribution < 1.29 is 4.48 Å². The fourth-order valence-electron chi connectivity index (χ4n) is 2.25. The van der Waals surface area contributed by atoms with Crippen molar-refractivity contribution in [1.82, 2.24) is 4.90 Å². The van der Waals surface area contributed by atoms with Crippen molar-refractivity contribution in [3.05, 3.63) is 0 Å². The van der Waals surface area contributed by atoms with Gasteiger partial charge in [0.05, 0.1) is 32.1 Å². The van der Waals surface area contributed by atoms with E-state index in [9.17, 15) is 0 Å². The lowest BCUT2D eigenvalue weighted by molar-refractivity contribution is -0.938. The number of halogens is 1. The Bertz CT molecular complexity index is 121. The van der Waals surface area contributed by atoms with Crippen molar-refractivity contribution in [2.45, 2.75) is 0 Å². The smallest absolute Gasteiger partial charge is 0.0925 e. The fraction of sp³-hybridized carbons (Fsp3) is 1.00. The molecule has 0 spiro atoms. The highest BCUT2D eigenvalue weighted by molar-refractivity contribution is 6.17. The Balaban J connectivity index is 2.00. The zero-order valence-corrected chi connectivity index (χ0v) is 7.69. The summed E-state index contributed by atoms with van der Waals surface area (Å²) in [5.74, 6) is 0.833. The van der Waals surface area contributed by atoms with Gasteiger partial charge in [0.25, 0.3) is 0 Å². The van der Waals surface area contributed by atoms with Gasteiger partial charge in [-0.1, -0.05) is 0 Å². The van der Waals surface area contributed by atoms with Crippen molar-refractivity contribution in [1.29, 1.82) is 0 Å². The highest BCUT2D eigenvalue weighted by atomic mass is 35.5. The molecule has 64 valence electrons. The maximum atomic E-state index is 5.79. The summed E-state index contributed by atoms with van der Waals surface area (Å²) in [6.07, 6.45) is 0. The van der Waals surface area contributed by atoms with Gasteiger partial charge >= 0.3 is 0 Å². The second-order valence-corrected chi connectivity index (χ2v) is 4.14. The number of hydrogen-bond donors (Lipinski definition) is 0. The highest BCUT2D eigenvalue weighted by Crippen LogP contribution is 2.18. The van der Waals surface area contributed by atoms with Crippen molar-refractivity contribution in [3.8, 4) is 0 Å². The Morgan fingerprint density at radius 2 is 1.64 bits per heavy atom. The van der Waals surface area contributed by atoms with Gasteiger partial charge in [-0.3, -0.25) is 4.90 Å². The molecule has 3 heteroatoms. The molecule has 2 bridgehead atoms. The van der Waals surface area contributed by atoms with Gasteiger partial charge in [0.15, 0.2) is 0 Å². The van der Waals surface area contributed by atoms with Gasteiger partial charge in [-0.15, -0.1) is 11.6 Å². The van der Waals surface area contributed by atoms with E-state index in [1.165, 1.54) is 50.3 Å². The Labute approximate surface area is 73.3 Å². The monoisotopic (exact) mass is 175 g/mol. The predicted molar refractivity (Wildman–Crippen MR) is 46.9 cm³/mol. The lowest BCUT2D eigenvalue weighted by atomic mass is 10.1. The minimum atomic E-state index is 0.833. The quantitative estimate of drug-likeness (QED) is 0.433. The second-order valence-electron chi connectivity index (χ2n) is 3.77. The van der Waals surface area contributed by atoms with Crippen LogP contribution in [-0.2, 0) is 0 Å². The minimum absolute atomic E-state index is 0.833. The van der Waals surface area contributed by atoms with E-state index < -0.39 is 0 Å². The number of fused-ring (bicyclic) bond motifs is 3. The number of nitrogens with zero attached hydrogens (tertiary/aromatic N) is 2. The van der Waals surface area contributed by atoms with E-state index >= 15 is 0 Å². The first-order valence-electron chi connectivity index (χ1n) is 4.48.